The topological polar surface area (TPSA) is 33.4 Å². The molecule has 0 spiro atoms. The SMILES string of the molecule is Cc1ccc2oc(C(O)C3CCCC3)cc2c1. The molecule has 0 bridgehead atoms. The van der Waals surface area contributed by atoms with Crippen LogP contribution in [0.3, 0.4) is 0 Å². The van der Waals surface area contributed by atoms with Gasteiger partial charge < -0.3 is 9.52 Å². The highest BCUT2D eigenvalue weighted by atomic mass is 16.4. The summed E-state index contributed by atoms with van der Waals surface area (Å²) in [6.07, 6.45) is 4.29. The van der Waals surface area contributed by atoms with Crippen LogP contribution in [0.2, 0.25) is 0 Å². The van der Waals surface area contributed by atoms with E-state index in [2.05, 4.69) is 13.0 Å². The standard InChI is InChI=1S/C15H18O2/c1-10-6-7-13-12(8-10)9-14(17-13)15(16)11-4-2-3-5-11/h6-9,11,15-16H,2-5H2,1H3. The van der Waals surface area contributed by atoms with Crippen LogP contribution in [0, 0.1) is 12.8 Å². The van der Waals surface area contributed by atoms with Crippen LogP contribution in [0.15, 0.2) is 28.7 Å². The van der Waals surface area contributed by atoms with Gasteiger partial charge in [0.15, 0.2) is 0 Å². The second-order valence-electron chi connectivity index (χ2n) is 5.18. The van der Waals surface area contributed by atoms with Crippen LogP contribution in [0.1, 0.15) is 43.1 Å². The van der Waals surface area contributed by atoms with Gasteiger partial charge in [0.1, 0.15) is 17.4 Å². The van der Waals surface area contributed by atoms with E-state index in [0.717, 1.165) is 29.6 Å². The van der Waals surface area contributed by atoms with Gasteiger partial charge in [-0.1, -0.05) is 24.5 Å². The van der Waals surface area contributed by atoms with Gasteiger partial charge in [0.2, 0.25) is 0 Å². The molecule has 1 aliphatic rings. The Labute approximate surface area is 101 Å². The zero-order valence-electron chi connectivity index (χ0n) is 10.1. The molecule has 1 aromatic heterocycles. The van der Waals surface area contributed by atoms with Crippen molar-refractivity contribution in [1.82, 2.24) is 0 Å². The summed E-state index contributed by atoms with van der Waals surface area (Å²) in [5.41, 5.74) is 2.10. The lowest BCUT2D eigenvalue weighted by Gasteiger charge is -2.14. The van der Waals surface area contributed by atoms with Gasteiger partial charge in [-0.15, -0.1) is 0 Å². The van der Waals surface area contributed by atoms with Gasteiger partial charge in [-0.25, -0.2) is 0 Å². The minimum Gasteiger partial charge on any atom is -0.458 e. The maximum Gasteiger partial charge on any atom is 0.134 e. The van der Waals surface area contributed by atoms with E-state index in [4.69, 9.17) is 4.42 Å². The Morgan fingerprint density at radius 2 is 2.00 bits per heavy atom. The zero-order valence-corrected chi connectivity index (χ0v) is 10.1. The van der Waals surface area contributed by atoms with E-state index in [1.54, 1.807) is 0 Å². The van der Waals surface area contributed by atoms with E-state index >= 15 is 0 Å². The molecule has 1 N–H and O–H groups in total. The number of hydrogen-bond acceptors (Lipinski definition) is 2. The molecular formula is C15H18O2. The van der Waals surface area contributed by atoms with Crippen LogP contribution >= 0.6 is 0 Å². The molecular weight excluding hydrogens is 212 g/mol. The summed E-state index contributed by atoms with van der Waals surface area (Å²) >= 11 is 0. The normalized spacial score (nSPS) is 18.9. The monoisotopic (exact) mass is 230 g/mol. The summed E-state index contributed by atoms with van der Waals surface area (Å²) in [5, 5.41) is 11.4. The van der Waals surface area contributed by atoms with E-state index in [9.17, 15) is 5.11 Å². The van der Waals surface area contributed by atoms with Crippen LogP contribution in [-0.4, -0.2) is 5.11 Å². The lowest BCUT2D eigenvalue weighted by molar-refractivity contribution is 0.0905. The Balaban J connectivity index is 1.94. The fraction of sp³-hybridized carbons (Fsp3) is 0.467. The number of aryl methyl sites for hydroxylation is 1. The van der Waals surface area contributed by atoms with Crippen molar-refractivity contribution in [3.63, 3.8) is 0 Å². The molecule has 1 heterocycles. The highest BCUT2D eigenvalue weighted by molar-refractivity contribution is 5.78. The minimum absolute atomic E-state index is 0.386. The lowest BCUT2D eigenvalue weighted by Crippen LogP contribution is -2.07. The molecule has 1 atom stereocenters. The first-order chi connectivity index (χ1) is 8.24. The highest BCUT2D eigenvalue weighted by Gasteiger charge is 2.26. The zero-order chi connectivity index (χ0) is 11.8. The number of aliphatic hydroxyl groups excluding tert-OH is 1. The average Bonchev–Trinajstić information content (AvgIpc) is 2.96. The van der Waals surface area contributed by atoms with Gasteiger partial charge in [-0.05, 0) is 43.9 Å². The van der Waals surface area contributed by atoms with Crippen LogP contribution in [0.25, 0.3) is 11.0 Å². The summed E-state index contributed by atoms with van der Waals surface area (Å²) < 4.78 is 5.75. The van der Waals surface area contributed by atoms with E-state index in [1.165, 1.54) is 18.4 Å². The number of benzene rings is 1. The molecule has 1 saturated carbocycles. The van der Waals surface area contributed by atoms with Crippen molar-refractivity contribution in [3.05, 3.63) is 35.6 Å². The minimum atomic E-state index is -0.426. The second-order valence-corrected chi connectivity index (χ2v) is 5.18. The highest BCUT2D eigenvalue weighted by Crippen LogP contribution is 2.37. The number of hydrogen-bond donors (Lipinski definition) is 1. The summed E-state index contributed by atoms with van der Waals surface area (Å²) in [4.78, 5) is 0. The van der Waals surface area contributed by atoms with Gasteiger partial charge in [0.05, 0.1) is 0 Å². The Hall–Kier alpha value is -1.28. The van der Waals surface area contributed by atoms with E-state index < -0.39 is 6.10 Å². The maximum absolute atomic E-state index is 10.3. The third kappa shape index (κ3) is 1.98. The van der Waals surface area contributed by atoms with E-state index in [-0.39, 0.29) is 0 Å². The predicted octanol–water partition coefficient (Wildman–Crippen LogP) is 3.96. The number of fused-ring (bicyclic) bond motifs is 1. The molecule has 0 saturated heterocycles. The van der Waals surface area contributed by atoms with Gasteiger partial charge in [0, 0.05) is 5.39 Å². The van der Waals surface area contributed by atoms with Crippen molar-refractivity contribution in [2.24, 2.45) is 5.92 Å². The lowest BCUT2D eigenvalue weighted by atomic mass is 9.99. The molecule has 1 aromatic carbocycles. The molecule has 1 aliphatic carbocycles. The first-order valence-corrected chi connectivity index (χ1v) is 6.42. The van der Waals surface area contributed by atoms with E-state index in [0.29, 0.717) is 5.92 Å². The van der Waals surface area contributed by atoms with Gasteiger partial charge in [-0.2, -0.15) is 0 Å². The first-order valence-electron chi connectivity index (χ1n) is 6.42. The third-order valence-electron chi connectivity index (χ3n) is 3.83. The fourth-order valence-corrected chi connectivity index (χ4v) is 2.83. The summed E-state index contributed by atoms with van der Waals surface area (Å²) in [6, 6.07) is 8.11. The first kappa shape index (κ1) is 10.8. The van der Waals surface area contributed by atoms with Gasteiger partial charge in [-0.3, -0.25) is 0 Å². The summed E-state index contributed by atoms with van der Waals surface area (Å²) in [6.45, 7) is 2.07. The quantitative estimate of drug-likeness (QED) is 0.847. The van der Waals surface area contributed by atoms with Crippen LogP contribution in [-0.2, 0) is 0 Å². The molecule has 2 aromatic rings. The number of rotatable bonds is 2. The Bertz CT molecular complexity index is 521. The van der Waals surface area contributed by atoms with Crippen LogP contribution in [0.5, 0.6) is 0 Å². The molecule has 0 amide bonds. The fourth-order valence-electron chi connectivity index (χ4n) is 2.83. The molecule has 17 heavy (non-hydrogen) atoms. The molecule has 90 valence electrons. The summed E-state index contributed by atoms with van der Waals surface area (Å²) in [7, 11) is 0. The molecule has 0 aliphatic heterocycles. The van der Waals surface area contributed by atoms with Crippen molar-refractivity contribution in [1.29, 1.82) is 0 Å². The van der Waals surface area contributed by atoms with Crippen LogP contribution in [0.4, 0.5) is 0 Å². The van der Waals surface area contributed by atoms with Crippen molar-refractivity contribution in [3.8, 4) is 0 Å². The predicted molar refractivity (Wildman–Crippen MR) is 67.9 cm³/mol. The third-order valence-corrected chi connectivity index (χ3v) is 3.83. The van der Waals surface area contributed by atoms with Crippen molar-refractivity contribution in [2.45, 2.75) is 38.7 Å². The van der Waals surface area contributed by atoms with Gasteiger partial charge >= 0.3 is 0 Å². The molecule has 0 radical (unpaired) electrons. The molecule has 2 nitrogen and oxygen atoms in total. The Morgan fingerprint density at radius 3 is 2.76 bits per heavy atom. The largest absolute Gasteiger partial charge is 0.458 e. The Kier molecular flexibility index (Phi) is 2.67. The number of aliphatic hydroxyl groups is 1. The molecule has 1 unspecified atom stereocenters. The Morgan fingerprint density at radius 1 is 1.24 bits per heavy atom. The number of furan rings is 1. The second kappa shape index (κ2) is 4.19. The van der Waals surface area contributed by atoms with Crippen LogP contribution < -0.4 is 0 Å². The van der Waals surface area contributed by atoms with Crippen molar-refractivity contribution in [2.75, 3.05) is 0 Å². The van der Waals surface area contributed by atoms with Gasteiger partial charge in [0.25, 0.3) is 0 Å². The van der Waals surface area contributed by atoms with Crippen molar-refractivity contribution < 1.29 is 9.52 Å². The van der Waals surface area contributed by atoms with E-state index in [1.807, 2.05) is 18.2 Å². The molecule has 1 fully saturated rings. The van der Waals surface area contributed by atoms with Crippen molar-refractivity contribution >= 4 is 11.0 Å². The smallest absolute Gasteiger partial charge is 0.134 e. The molecule has 3 rings (SSSR count). The molecule has 2 heteroatoms. The summed E-state index contributed by atoms with van der Waals surface area (Å²) in [5.74, 6) is 1.12. The average molecular weight is 230 g/mol. The maximum atomic E-state index is 10.3.